The number of rotatable bonds is 9. The smallest absolute Gasteiger partial charge is 0.328 e. The van der Waals surface area contributed by atoms with Gasteiger partial charge in [0.25, 0.3) is 0 Å². The Morgan fingerprint density at radius 3 is 2.83 bits per heavy atom. The zero-order valence-electron chi connectivity index (χ0n) is 14.5. The Hall–Kier alpha value is -1.81. The zero-order chi connectivity index (χ0) is 16.7. The van der Waals surface area contributed by atoms with E-state index in [1.165, 1.54) is 17.4 Å². The fraction of sp³-hybridized carbons (Fsp3) is 0.526. The van der Waals surface area contributed by atoms with Gasteiger partial charge in [0.15, 0.2) is 0 Å². The molecule has 2 aromatic rings. The van der Waals surface area contributed by atoms with E-state index in [4.69, 9.17) is 4.74 Å². The van der Waals surface area contributed by atoms with Crippen LogP contribution in [0.4, 0.5) is 0 Å². The number of benzene rings is 1. The van der Waals surface area contributed by atoms with Gasteiger partial charge in [-0.25, -0.2) is 4.79 Å². The molecule has 0 aliphatic rings. The Morgan fingerprint density at radius 1 is 1.26 bits per heavy atom. The summed E-state index contributed by atoms with van der Waals surface area (Å²) in [6.45, 7) is 8.46. The Labute approximate surface area is 138 Å². The van der Waals surface area contributed by atoms with Crippen molar-refractivity contribution in [3.05, 3.63) is 36.0 Å². The highest BCUT2D eigenvalue weighted by atomic mass is 16.5. The third-order valence-electron chi connectivity index (χ3n) is 4.08. The van der Waals surface area contributed by atoms with E-state index in [2.05, 4.69) is 36.5 Å². The number of nitrogens with zero attached hydrogens (tertiary/aromatic N) is 1. The summed E-state index contributed by atoms with van der Waals surface area (Å²) in [5.74, 6) is -0.184. The molecule has 1 N–H and O–H groups in total. The fourth-order valence-electron chi connectivity index (χ4n) is 2.80. The van der Waals surface area contributed by atoms with Gasteiger partial charge in [0.1, 0.15) is 6.04 Å². The summed E-state index contributed by atoms with van der Waals surface area (Å²) in [6.07, 6.45) is 5.37. The van der Waals surface area contributed by atoms with Crippen LogP contribution in [0.25, 0.3) is 10.9 Å². The SMILES string of the molecule is CCCNCCCc1ccc2c(ccn2C(C)C(=O)OCC)c1. The second kappa shape index (κ2) is 8.73. The summed E-state index contributed by atoms with van der Waals surface area (Å²) in [6, 6.07) is 8.28. The van der Waals surface area contributed by atoms with Crippen molar-refractivity contribution in [1.29, 1.82) is 0 Å². The van der Waals surface area contributed by atoms with Gasteiger partial charge in [-0.15, -0.1) is 0 Å². The molecule has 126 valence electrons. The molecule has 0 spiro atoms. The lowest BCUT2D eigenvalue weighted by Gasteiger charge is -2.14. The lowest BCUT2D eigenvalue weighted by atomic mass is 10.1. The van der Waals surface area contributed by atoms with Gasteiger partial charge in [0, 0.05) is 11.7 Å². The van der Waals surface area contributed by atoms with Crippen molar-refractivity contribution in [2.75, 3.05) is 19.7 Å². The standard InChI is InChI=1S/C19H28N2O2/c1-4-11-20-12-6-7-16-8-9-18-17(14-16)10-13-21(18)15(3)19(22)23-5-2/h8-10,13-15,20H,4-7,11-12H2,1-3H3. The molecule has 1 aromatic carbocycles. The van der Waals surface area contributed by atoms with Crippen molar-refractivity contribution < 1.29 is 9.53 Å². The molecule has 2 rings (SSSR count). The lowest BCUT2D eigenvalue weighted by Crippen LogP contribution is -2.18. The first kappa shape index (κ1) is 17.5. The minimum Gasteiger partial charge on any atom is -0.464 e. The van der Waals surface area contributed by atoms with Gasteiger partial charge in [-0.3, -0.25) is 0 Å². The van der Waals surface area contributed by atoms with Crippen LogP contribution in [-0.2, 0) is 16.0 Å². The van der Waals surface area contributed by atoms with Crippen LogP contribution in [0.5, 0.6) is 0 Å². The molecule has 1 heterocycles. The molecule has 0 amide bonds. The van der Waals surface area contributed by atoms with Crippen LogP contribution in [0.15, 0.2) is 30.5 Å². The van der Waals surface area contributed by atoms with E-state index in [9.17, 15) is 4.79 Å². The summed E-state index contributed by atoms with van der Waals surface area (Å²) in [5, 5.41) is 4.61. The van der Waals surface area contributed by atoms with E-state index in [0.29, 0.717) is 6.61 Å². The zero-order valence-corrected chi connectivity index (χ0v) is 14.5. The summed E-state index contributed by atoms with van der Waals surface area (Å²) >= 11 is 0. The highest BCUT2D eigenvalue weighted by Crippen LogP contribution is 2.22. The maximum Gasteiger partial charge on any atom is 0.328 e. The molecule has 1 unspecified atom stereocenters. The Kier molecular flexibility index (Phi) is 6.66. The van der Waals surface area contributed by atoms with Crippen LogP contribution >= 0.6 is 0 Å². The van der Waals surface area contributed by atoms with E-state index in [-0.39, 0.29) is 12.0 Å². The molecule has 1 aromatic heterocycles. The highest BCUT2D eigenvalue weighted by Gasteiger charge is 2.17. The summed E-state index contributed by atoms with van der Waals surface area (Å²) < 4.78 is 7.10. The lowest BCUT2D eigenvalue weighted by molar-refractivity contribution is -0.146. The van der Waals surface area contributed by atoms with Crippen molar-refractivity contribution in [3.63, 3.8) is 0 Å². The van der Waals surface area contributed by atoms with E-state index in [0.717, 1.165) is 31.4 Å². The topological polar surface area (TPSA) is 43.3 Å². The molecule has 4 heteroatoms. The molecule has 1 atom stereocenters. The number of esters is 1. The third kappa shape index (κ3) is 4.58. The number of fused-ring (bicyclic) bond motifs is 1. The summed E-state index contributed by atoms with van der Waals surface area (Å²) in [5.41, 5.74) is 2.43. The summed E-state index contributed by atoms with van der Waals surface area (Å²) in [4.78, 5) is 11.9. The van der Waals surface area contributed by atoms with E-state index < -0.39 is 0 Å². The van der Waals surface area contributed by atoms with Gasteiger partial charge in [0.05, 0.1) is 6.61 Å². The minimum absolute atomic E-state index is 0.184. The predicted octanol–water partition coefficient (Wildman–Crippen LogP) is 3.70. The maximum absolute atomic E-state index is 11.9. The van der Waals surface area contributed by atoms with Crippen LogP contribution in [0.3, 0.4) is 0 Å². The van der Waals surface area contributed by atoms with Crippen LogP contribution in [0.2, 0.25) is 0 Å². The highest BCUT2D eigenvalue weighted by molar-refractivity contribution is 5.84. The molecular formula is C19H28N2O2. The molecule has 4 nitrogen and oxygen atoms in total. The number of hydrogen-bond acceptors (Lipinski definition) is 3. The number of aromatic nitrogens is 1. The quantitative estimate of drug-likeness (QED) is 0.567. The largest absolute Gasteiger partial charge is 0.464 e. The third-order valence-corrected chi connectivity index (χ3v) is 4.08. The maximum atomic E-state index is 11.9. The molecule has 0 saturated heterocycles. The Bertz CT molecular complexity index is 633. The molecule has 0 aliphatic carbocycles. The molecule has 0 saturated carbocycles. The van der Waals surface area contributed by atoms with E-state index in [1.807, 2.05) is 24.6 Å². The van der Waals surface area contributed by atoms with Gasteiger partial charge in [-0.05, 0) is 75.3 Å². The van der Waals surface area contributed by atoms with E-state index >= 15 is 0 Å². The minimum atomic E-state index is -0.295. The molecule has 0 radical (unpaired) electrons. The van der Waals surface area contributed by atoms with E-state index in [1.54, 1.807) is 0 Å². The van der Waals surface area contributed by atoms with Crippen LogP contribution in [-0.4, -0.2) is 30.2 Å². The van der Waals surface area contributed by atoms with Crippen molar-refractivity contribution in [2.24, 2.45) is 0 Å². The van der Waals surface area contributed by atoms with Crippen molar-refractivity contribution >= 4 is 16.9 Å². The molecule has 0 aliphatic heterocycles. The van der Waals surface area contributed by atoms with Crippen molar-refractivity contribution in [3.8, 4) is 0 Å². The van der Waals surface area contributed by atoms with Crippen molar-refractivity contribution in [2.45, 2.75) is 46.1 Å². The second-order valence-corrected chi connectivity index (χ2v) is 5.90. The molecule has 23 heavy (non-hydrogen) atoms. The average Bonchev–Trinajstić information content (AvgIpc) is 2.97. The van der Waals surface area contributed by atoms with Crippen LogP contribution < -0.4 is 5.32 Å². The van der Waals surface area contributed by atoms with Gasteiger partial charge >= 0.3 is 5.97 Å². The first-order valence-corrected chi connectivity index (χ1v) is 8.64. The monoisotopic (exact) mass is 316 g/mol. The number of carbonyl (C=O) groups is 1. The number of carbonyl (C=O) groups excluding carboxylic acids is 1. The second-order valence-electron chi connectivity index (χ2n) is 5.90. The van der Waals surface area contributed by atoms with Crippen molar-refractivity contribution in [1.82, 2.24) is 9.88 Å². The first-order valence-electron chi connectivity index (χ1n) is 8.64. The van der Waals surface area contributed by atoms with Gasteiger partial charge in [-0.2, -0.15) is 0 Å². The molecule has 0 fully saturated rings. The van der Waals surface area contributed by atoms with Crippen LogP contribution in [0.1, 0.15) is 45.2 Å². The number of aryl methyl sites for hydroxylation is 1. The predicted molar refractivity (Wildman–Crippen MR) is 94.8 cm³/mol. The first-order chi connectivity index (χ1) is 11.2. The normalized spacial score (nSPS) is 12.5. The number of nitrogens with one attached hydrogen (secondary N) is 1. The summed E-state index contributed by atoms with van der Waals surface area (Å²) in [7, 11) is 0. The average molecular weight is 316 g/mol. The van der Waals surface area contributed by atoms with Gasteiger partial charge in [0.2, 0.25) is 0 Å². The van der Waals surface area contributed by atoms with Gasteiger partial charge in [-0.1, -0.05) is 13.0 Å². The van der Waals surface area contributed by atoms with Gasteiger partial charge < -0.3 is 14.6 Å². The Balaban J connectivity index is 2.03. The number of hydrogen-bond donors (Lipinski definition) is 1. The molecular weight excluding hydrogens is 288 g/mol. The van der Waals surface area contributed by atoms with Crippen LogP contribution in [0, 0.1) is 0 Å². The Morgan fingerprint density at radius 2 is 2.09 bits per heavy atom. The fourth-order valence-corrected chi connectivity index (χ4v) is 2.80. The number of ether oxygens (including phenoxy) is 1. The molecule has 0 bridgehead atoms.